The Labute approximate surface area is 156 Å². The normalized spacial score (nSPS) is 17.7. The molecule has 1 aliphatic rings. The van der Waals surface area contributed by atoms with Gasteiger partial charge in [-0.1, -0.05) is 6.07 Å². The molecule has 0 unspecified atom stereocenters. The fraction of sp³-hybridized carbons (Fsp3) is 0.300. The van der Waals surface area contributed by atoms with E-state index in [-0.39, 0.29) is 0 Å². The molecule has 0 bridgehead atoms. The van der Waals surface area contributed by atoms with Crippen molar-refractivity contribution in [3.63, 3.8) is 0 Å². The van der Waals surface area contributed by atoms with E-state index < -0.39 is 0 Å². The summed E-state index contributed by atoms with van der Waals surface area (Å²) >= 11 is 0. The van der Waals surface area contributed by atoms with Gasteiger partial charge in [-0.2, -0.15) is 0 Å². The molecule has 4 aromatic rings. The molecule has 0 radical (unpaired) electrons. The maximum absolute atomic E-state index is 6.17. The molecule has 5 rings (SSSR count). The van der Waals surface area contributed by atoms with Gasteiger partial charge in [0.25, 0.3) is 0 Å². The average molecular weight is 363 g/mol. The highest BCUT2D eigenvalue weighted by molar-refractivity contribution is 5.94. The number of furan rings is 1. The topological polar surface area (TPSA) is 67.8 Å². The first kappa shape index (κ1) is 16.1. The number of hydrogen-bond acceptors (Lipinski definition) is 6. The highest BCUT2D eigenvalue weighted by Crippen LogP contribution is 2.34. The molecular formula is C20H21N5O2. The molecular weight excluding hydrogens is 342 g/mol. The molecule has 138 valence electrons. The van der Waals surface area contributed by atoms with Gasteiger partial charge in [-0.15, -0.1) is 5.10 Å². The van der Waals surface area contributed by atoms with Crippen molar-refractivity contribution in [2.24, 2.45) is 0 Å². The van der Waals surface area contributed by atoms with Crippen LogP contribution in [0, 0.1) is 0 Å². The summed E-state index contributed by atoms with van der Waals surface area (Å²) in [5, 5.41) is 9.08. The molecule has 0 amide bonds. The van der Waals surface area contributed by atoms with Crippen molar-refractivity contribution in [1.82, 2.24) is 19.9 Å². The Morgan fingerprint density at radius 3 is 3.04 bits per heavy atom. The molecule has 7 heteroatoms. The minimum atomic E-state index is 0.468. The Morgan fingerprint density at radius 1 is 1.26 bits per heavy atom. The monoisotopic (exact) mass is 363 g/mol. The number of fused-ring (bicyclic) bond motifs is 2. The van der Waals surface area contributed by atoms with Gasteiger partial charge in [0.2, 0.25) is 5.88 Å². The number of rotatable bonds is 3. The van der Waals surface area contributed by atoms with Crippen molar-refractivity contribution in [2.75, 3.05) is 31.6 Å². The zero-order valence-electron chi connectivity index (χ0n) is 15.3. The molecule has 1 aromatic carbocycles. The van der Waals surface area contributed by atoms with Crippen LogP contribution in [0.3, 0.4) is 0 Å². The smallest absolute Gasteiger partial charge is 0.231 e. The second kappa shape index (κ2) is 6.28. The van der Waals surface area contributed by atoms with Gasteiger partial charge in [-0.25, -0.2) is 9.50 Å². The second-order valence-electron chi connectivity index (χ2n) is 6.89. The summed E-state index contributed by atoms with van der Waals surface area (Å²) in [5.74, 6) is 1.28. The minimum absolute atomic E-state index is 0.468. The third kappa shape index (κ3) is 2.71. The summed E-state index contributed by atoms with van der Waals surface area (Å²) in [6.07, 6.45) is 1.78. The summed E-state index contributed by atoms with van der Waals surface area (Å²) in [6.45, 7) is 5.16. The molecule has 27 heavy (non-hydrogen) atoms. The van der Waals surface area contributed by atoms with Crippen LogP contribution in [0.1, 0.15) is 6.92 Å². The maximum atomic E-state index is 6.17. The number of methoxy groups -OCH3 is 1. The lowest BCUT2D eigenvalue weighted by atomic mass is 10.1. The van der Waals surface area contributed by atoms with Gasteiger partial charge in [0.1, 0.15) is 11.3 Å². The highest BCUT2D eigenvalue weighted by Gasteiger charge is 2.20. The maximum Gasteiger partial charge on any atom is 0.231 e. The Hall–Kier alpha value is -3.06. The van der Waals surface area contributed by atoms with Crippen LogP contribution in [0.5, 0.6) is 5.88 Å². The van der Waals surface area contributed by atoms with E-state index in [1.165, 1.54) is 5.69 Å². The molecule has 1 fully saturated rings. The zero-order chi connectivity index (χ0) is 18.4. The van der Waals surface area contributed by atoms with Gasteiger partial charge >= 0.3 is 0 Å². The van der Waals surface area contributed by atoms with E-state index >= 15 is 0 Å². The first-order valence-corrected chi connectivity index (χ1v) is 9.13. The number of nitrogens with one attached hydrogen (secondary N) is 1. The number of ether oxygens (including phenoxy) is 1. The van der Waals surface area contributed by atoms with Crippen LogP contribution in [-0.4, -0.2) is 47.4 Å². The van der Waals surface area contributed by atoms with Crippen molar-refractivity contribution < 1.29 is 9.15 Å². The zero-order valence-corrected chi connectivity index (χ0v) is 15.3. The van der Waals surface area contributed by atoms with Crippen LogP contribution in [0.2, 0.25) is 0 Å². The molecule has 4 heterocycles. The molecule has 0 aliphatic carbocycles. The molecule has 7 nitrogen and oxygen atoms in total. The van der Waals surface area contributed by atoms with Crippen LogP contribution >= 0.6 is 0 Å². The molecule has 1 N–H and O–H groups in total. The SMILES string of the molecule is COc1ccc2ncc(-c3cc4c(N5CCN[C@H](C)C5)cccc4o3)n2n1. The standard InChI is InChI=1S/C20H21N5O2/c1-13-12-24(9-8-21-13)15-4-3-5-17-14(15)10-18(27-17)16-11-22-19-6-7-20(26-2)23-25(16)19/h3-7,10-11,13,21H,8-9,12H2,1-2H3/t13-/m1/s1. The Balaban J connectivity index is 1.62. The van der Waals surface area contributed by atoms with Crippen molar-refractivity contribution in [3.8, 4) is 17.3 Å². The van der Waals surface area contributed by atoms with Crippen molar-refractivity contribution >= 4 is 22.3 Å². The number of hydrogen-bond donors (Lipinski definition) is 1. The number of piperazine rings is 1. The molecule has 1 atom stereocenters. The van der Waals surface area contributed by atoms with E-state index in [1.807, 2.05) is 18.2 Å². The quantitative estimate of drug-likeness (QED) is 0.604. The Kier molecular flexibility index (Phi) is 3.75. The number of imidazole rings is 1. The van der Waals surface area contributed by atoms with Gasteiger partial charge in [0.05, 0.1) is 13.3 Å². The fourth-order valence-corrected chi connectivity index (χ4v) is 3.73. The van der Waals surface area contributed by atoms with Crippen LogP contribution in [0.25, 0.3) is 28.1 Å². The molecule has 0 spiro atoms. The third-order valence-electron chi connectivity index (χ3n) is 5.05. The predicted octanol–water partition coefficient (Wildman–Crippen LogP) is 2.95. The van der Waals surface area contributed by atoms with Crippen LogP contribution in [0.4, 0.5) is 5.69 Å². The van der Waals surface area contributed by atoms with E-state index in [1.54, 1.807) is 23.9 Å². The lowest BCUT2D eigenvalue weighted by Gasteiger charge is -2.33. The van der Waals surface area contributed by atoms with Crippen LogP contribution < -0.4 is 15.0 Å². The van der Waals surface area contributed by atoms with Gasteiger partial charge in [0, 0.05) is 42.8 Å². The Bertz CT molecular complexity index is 1120. The predicted molar refractivity (Wildman–Crippen MR) is 104 cm³/mol. The van der Waals surface area contributed by atoms with E-state index in [0.717, 1.165) is 47.7 Å². The van der Waals surface area contributed by atoms with Gasteiger partial charge in [0.15, 0.2) is 11.4 Å². The lowest BCUT2D eigenvalue weighted by Crippen LogP contribution is -2.49. The molecule has 3 aromatic heterocycles. The summed E-state index contributed by atoms with van der Waals surface area (Å²) in [6, 6.07) is 12.5. The third-order valence-corrected chi connectivity index (χ3v) is 5.05. The number of nitrogens with zero attached hydrogens (tertiary/aromatic N) is 4. The van der Waals surface area contributed by atoms with Crippen molar-refractivity contribution in [1.29, 1.82) is 0 Å². The number of aromatic nitrogens is 3. The number of anilines is 1. The summed E-state index contributed by atoms with van der Waals surface area (Å²) in [7, 11) is 1.60. The average Bonchev–Trinajstić information content (AvgIpc) is 3.30. The highest BCUT2D eigenvalue weighted by atomic mass is 16.5. The van der Waals surface area contributed by atoms with Crippen LogP contribution in [0.15, 0.2) is 47.0 Å². The fourth-order valence-electron chi connectivity index (χ4n) is 3.73. The summed E-state index contributed by atoms with van der Waals surface area (Å²) in [4.78, 5) is 6.84. The van der Waals surface area contributed by atoms with E-state index in [2.05, 4.69) is 39.4 Å². The van der Waals surface area contributed by atoms with Crippen molar-refractivity contribution in [3.05, 3.63) is 42.6 Å². The molecule has 1 aliphatic heterocycles. The first-order chi connectivity index (χ1) is 13.2. The second-order valence-corrected chi connectivity index (χ2v) is 6.89. The van der Waals surface area contributed by atoms with E-state index in [0.29, 0.717) is 11.9 Å². The lowest BCUT2D eigenvalue weighted by molar-refractivity contribution is 0.390. The summed E-state index contributed by atoms with van der Waals surface area (Å²) < 4.78 is 13.2. The Morgan fingerprint density at radius 2 is 2.19 bits per heavy atom. The molecule has 1 saturated heterocycles. The van der Waals surface area contributed by atoms with Crippen LogP contribution in [-0.2, 0) is 0 Å². The largest absolute Gasteiger partial charge is 0.480 e. The minimum Gasteiger partial charge on any atom is -0.480 e. The number of benzene rings is 1. The van der Waals surface area contributed by atoms with Gasteiger partial charge in [-0.3, -0.25) is 0 Å². The van der Waals surface area contributed by atoms with E-state index in [9.17, 15) is 0 Å². The van der Waals surface area contributed by atoms with E-state index in [4.69, 9.17) is 9.15 Å². The first-order valence-electron chi connectivity index (χ1n) is 9.13. The van der Waals surface area contributed by atoms with Gasteiger partial charge < -0.3 is 19.4 Å². The molecule has 0 saturated carbocycles. The van der Waals surface area contributed by atoms with Gasteiger partial charge in [-0.05, 0) is 31.2 Å². The summed E-state index contributed by atoms with van der Waals surface area (Å²) in [5.41, 5.74) is 3.63. The van der Waals surface area contributed by atoms with Crippen molar-refractivity contribution in [2.45, 2.75) is 13.0 Å².